The highest BCUT2D eigenvalue weighted by atomic mass is 35.5. The molecule has 0 bridgehead atoms. The van der Waals surface area contributed by atoms with Gasteiger partial charge in [0.25, 0.3) is 0 Å². The van der Waals surface area contributed by atoms with Crippen molar-refractivity contribution in [2.75, 3.05) is 27.2 Å². The second kappa shape index (κ2) is 7.39. The van der Waals surface area contributed by atoms with E-state index in [4.69, 9.17) is 11.6 Å². The summed E-state index contributed by atoms with van der Waals surface area (Å²) in [4.78, 5) is 20.0. The van der Waals surface area contributed by atoms with Crippen molar-refractivity contribution >= 4 is 17.6 Å². The van der Waals surface area contributed by atoms with Gasteiger partial charge < -0.3 is 9.80 Å². The quantitative estimate of drug-likeness (QED) is 0.840. The lowest BCUT2D eigenvalue weighted by Gasteiger charge is -2.34. The van der Waals surface area contributed by atoms with Crippen molar-refractivity contribution < 1.29 is 9.18 Å². The highest BCUT2D eigenvalue weighted by molar-refractivity contribution is 6.31. The van der Waals surface area contributed by atoms with Gasteiger partial charge in [0.2, 0.25) is 0 Å². The monoisotopic (exact) mass is 365 g/mol. The number of rotatable bonds is 3. The topological polar surface area (TPSA) is 54.3 Å². The Morgan fingerprint density at radius 2 is 2.24 bits per heavy atom. The molecule has 1 aliphatic heterocycles. The van der Waals surface area contributed by atoms with Crippen molar-refractivity contribution in [2.24, 2.45) is 0 Å². The van der Waals surface area contributed by atoms with Crippen LogP contribution in [0.15, 0.2) is 24.5 Å². The molecule has 1 saturated heterocycles. The number of hydrogen-bond acceptors (Lipinski definition) is 3. The third kappa shape index (κ3) is 3.76. The Bertz CT molecular complexity index is 743. The Hall–Kier alpha value is -2.15. The lowest BCUT2D eigenvalue weighted by molar-refractivity contribution is 0.153. The number of amides is 2. The molecule has 0 radical (unpaired) electrons. The standard InChI is InChI=1S/C17H21ClFN5O/c1-22(2)17(25)23-8-4-5-12(9-23)16-20-11-21-24(16)10-13-14(18)6-3-7-15(13)19/h3,6-7,11-12H,4-5,8-10H2,1-2H3/t12-/m1/s1. The summed E-state index contributed by atoms with van der Waals surface area (Å²) in [6.45, 7) is 1.54. The molecule has 0 unspecified atom stereocenters. The number of piperidine rings is 1. The Labute approximate surface area is 151 Å². The second-order valence-corrected chi connectivity index (χ2v) is 6.85. The van der Waals surface area contributed by atoms with E-state index in [1.165, 1.54) is 12.4 Å². The maximum atomic E-state index is 14.1. The highest BCUT2D eigenvalue weighted by Gasteiger charge is 2.28. The summed E-state index contributed by atoms with van der Waals surface area (Å²) in [5.41, 5.74) is 0.396. The zero-order valence-corrected chi connectivity index (χ0v) is 15.1. The van der Waals surface area contributed by atoms with E-state index < -0.39 is 0 Å². The molecule has 2 amide bonds. The molecule has 1 aromatic carbocycles. The van der Waals surface area contributed by atoms with Gasteiger partial charge in [0, 0.05) is 43.7 Å². The first-order valence-electron chi connectivity index (χ1n) is 8.24. The maximum Gasteiger partial charge on any atom is 0.319 e. The van der Waals surface area contributed by atoms with E-state index in [2.05, 4.69) is 10.1 Å². The number of nitrogens with zero attached hydrogens (tertiary/aromatic N) is 5. The fourth-order valence-corrected chi connectivity index (χ4v) is 3.41. The lowest BCUT2D eigenvalue weighted by atomic mass is 9.97. The maximum absolute atomic E-state index is 14.1. The molecule has 2 heterocycles. The van der Waals surface area contributed by atoms with Gasteiger partial charge in [-0.2, -0.15) is 5.10 Å². The summed E-state index contributed by atoms with van der Waals surface area (Å²) in [6.07, 6.45) is 3.29. The number of hydrogen-bond donors (Lipinski definition) is 0. The number of halogens is 2. The number of urea groups is 1. The van der Waals surface area contributed by atoms with Crippen LogP contribution < -0.4 is 0 Å². The van der Waals surface area contributed by atoms with Crippen molar-refractivity contribution in [3.63, 3.8) is 0 Å². The van der Waals surface area contributed by atoms with Gasteiger partial charge in [-0.15, -0.1) is 0 Å². The molecular formula is C17H21ClFN5O. The normalized spacial score (nSPS) is 17.6. The van der Waals surface area contributed by atoms with Gasteiger partial charge in [0.05, 0.1) is 6.54 Å². The first-order chi connectivity index (χ1) is 12.0. The average molecular weight is 366 g/mol. The van der Waals surface area contributed by atoms with E-state index in [-0.39, 0.29) is 24.3 Å². The zero-order chi connectivity index (χ0) is 18.0. The van der Waals surface area contributed by atoms with E-state index in [1.54, 1.807) is 35.8 Å². The van der Waals surface area contributed by atoms with Gasteiger partial charge in [-0.3, -0.25) is 0 Å². The molecule has 0 N–H and O–H groups in total. The largest absolute Gasteiger partial charge is 0.331 e. The van der Waals surface area contributed by atoms with Gasteiger partial charge in [0.1, 0.15) is 18.0 Å². The summed E-state index contributed by atoms with van der Waals surface area (Å²) in [6, 6.07) is 4.62. The molecule has 1 aliphatic rings. The van der Waals surface area contributed by atoms with E-state index in [0.29, 0.717) is 17.1 Å². The van der Waals surface area contributed by atoms with E-state index in [1.807, 2.05) is 4.90 Å². The summed E-state index contributed by atoms with van der Waals surface area (Å²) >= 11 is 6.12. The first-order valence-corrected chi connectivity index (χ1v) is 8.62. The Kier molecular flexibility index (Phi) is 5.22. The summed E-state index contributed by atoms with van der Waals surface area (Å²) in [5, 5.41) is 4.61. The fraction of sp³-hybridized carbons (Fsp3) is 0.471. The minimum absolute atomic E-state index is 0.00656. The van der Waals surface area contributed by atoms with Crippen molar-refractivity contribution in [2.45, 2.75) is 25.3 Å². The van der Waals surface area contributed by atoms with E-state index >= 15 is 0 Å². The molecule has 0 spiro atoms. The molecule has 0 aliphatic carbocycles. The molecule has 134 valence electrons. The number of aromatic nitrogens is 3. The average Bonchev–Trinajstić information content (AvgIpc) is 3.06. The number of benzene rings is 1. The minimum atomic E-state index is -0.359. The van der Waals surface area contributed by atoms with Crippen molar-refractivity contribution in [1.82, 2.24) is 24.6 Å². The second-order valence-electron chi connectivity index (χ2n) is 6.44. The predicted molar refractivity (Wildman–Crippen MR) is 93.2 cm³/mol. The van der Waals surface area contributed by atoms with Crippen LogP contribution in [-0.4, -0.2) is 57.8 Å². The SMILES string of the molecule is CN(C)C(=O)N1CCC[C@@H](c2ncnn2Cc2c(F)cccc2Cl)C1. The predicted octanol–water partition coefficient (Wildman–Crippen LogP) is 2.98. The Morgan fingerprint density at radius 1 is 1.44 bits per heavy atom. The molecule has 8 heteroatoms. The number of likely N-dealkylation sites (tertiary alicyclic amines) is 1. The zero-order valence-electron chi connectivity index (χ0n) is 14.3. The van der Waals surface area contributed by atoms with Gasteiger partial charge in [0.15, 0.2) is 0 Å². The summed E-state index contributed by atoms with van der Waals surface area (Å²) in [5.74, 6) is 0.475. The molecular weight excluding hydrogens is 345 g/mol. The molecule has 1 atom stereocenters. The van der Waals surface area contributed by atoms with Gasteiger partial charge in [-0.1, -0.05) is 17.7 Å². The molecule has 25 heavy (non-hydrogen) atoms. The molecule has 3 rings (SSSR count). The van der Waals surface area contributed by atoms with Crippen LogP contribution in [0.3, 0.4) is 0 Å². The highest BCUT2D eigenvalue weighted by Crippen LogP contribution is 2.27. The van der Waals surface area contributed by atoms with Gasteiger partial charge >= 0.3 is 6.03 Å². The van der Waals surface area contributed by atoms with Crippen molar-refractivity contribution in [3.8, 4) is 0 Å². The van der Waals surface area contributed by atoms with Crippen LogP contribution in [0.1, 0.15) is 30.1 Å². The van der Waals surface area contributed by atoms with Crippen molar-refractivity contribution in [1.29, 1.82) is 0 Å². The Morgan fingerprint density at radius 3 is 2.96 bits per heavy atom. The van der Waals surface area contributed by atoms with Crippen LogP contribution in [0, 0.1) is 5.82 Å². The minimum Gasteiger partial charge on any atom is -0.331 e. The smallest absolute Gasteiger partial charge is 0.319 e. The summed E-state index contributed by atoms with van der Waals surface area (Å²) < 4.78 is 15.7. The number of carbonyl (C=O) groups excluding carboxylic acids is 1. The third-order valence-corrected chi connectivity index (χ3v) is 4.81. The number of carbonyl (C=O) groups is 1. The van der Waals surface area contributed by atoms with Crippen LogP contribution in [-0.2, 0) is 6.54 Å². The summed E-state index contributed by atoms with van der Waals surface area (Å²) in [7, 11) is 3.49. The molecule has 6 nitrogen and oxygen atoms in total. The fourth-order valence-electron chi connectivity index (χ4n) is 3.19. The molecule has 1 aromatic heterocycles. The van der Waals surface area contributed by atoms with Crippen LogP contribution in [0.5, 0.6) is 0 Å². The van der Waals surface area contributed by atoms with E-state index in [0.717, 1.165) is 25.2 Å². The van der Waals surface area contributed by atoms with Crippen molar-refractivity contribution in [3.05, 3.63) is 46.8 Å². The van der Waals surface area contributed by atoms with E-state index in [9.17, 15) is 9.18 Å². The molecule has 1 fully saturated rings. The molecule has 2 aromatic rings. The third-order valence-electron chi connectivity index (χ3n) is 4.45. The molecule has 0 saturated carbocycles. The van der Waals surface area contributed by atoms with Crippen LogP contribution in [0.25, 0.3) is 0 Å². The van der Waals surface area contributed by atoms with Crippen LogP contribution in [0.2, 0.25) is 5.02 Å². The first kappa shape index (κ1) is 17.7. The van der Waals surface area contributed by atoms with Gasteiger partial charge in [-0.25, -0.2) is 18.9 Å². The van der Waals surface area contributed by atoms with Crippen LogP contribution in [0.4, 0.5) is 9.18 Å². The lowest BCUT2D eigenvalue weighted by Crippen LogP contribution is -2.44. The van der Waals surface area contributed by atoms with Crippen LogP contribution >= 0.6 is 11.6 Å². The van der Waals surface area contributed by atoms with Gasteiger partial charge in [-0.05, 0) is 25.0 Å². The Balaban J connectivity index is 1.81.